The van der Waals surface area contributed by atoms with E-state index in [-0.39, 0.29) is 41.9 Å². The van der Waals surface area contributed by atoms with Gasteiger partial charge in [0.1, 0.15) is 5.75 Å². The standard InChI is InChI=1S/C22H33N3O4/c1-15-11-24(12-16(2)29-15)22(3,4)14-23-21(27)17-10-20(26)25(13-17)18-6-8-19(28-5)9-7-18/h6-9,15-17H,10-14H2,1-5H3,(H,23,27)/t15-,16+,17-/m1/s1. The number of carbonyl (C=O) groups excluding carboxylic acids is 2. The number of nitrogens with one attached hydrogen (secondary N) is 1. The Kier molecular flexibility index (Phi) is 6.49. The van der Waals surface area contributed by atoms with Gasteiger partial charge in [-0.3, -0.25) is 14.5 Å². The number of hydrogen-bond acceptors (Lipinski definition) is 5. The SMILES string of the molecule is COc1ccc(N2C[C@H](C(=O)NCC(C)(C)N3C[C@@H](C)O[C@@H](C)C3)CC2=O)cc1. The summed E-state index contributed by atoms with van der Waals surface area (Å²) in [4.78, 5) is 29.3. The van der Waals surface area contributed by atoms with Crippen LogP contribution in [0.1, 0.15) is 34.1 Å². The van der Waals surface area contributed by atoms with Gasteiger partial charge in [-0.05, 0) is 52.0 Å². The Hall–Kier alpha value is -2.12. The molecule has 160 valence electrons. The lowest BCUT2D eigenvalue weighted by Gasteiger charge is -2.45. The molecule has 7 nitrogen and oxygen atoms in total. The summed E-state index contributed by atoms with van der Waals surface area (Å²) in [5.41, 5.74) is 0.614. The van der Waals surface area contributed by atoms with E-state index in [1.165, 1.54) is 0 Å². The number of morpholine rings is 1. The average Bonchev–Trinajstić information content (AvgIpc) is 3.07. The van der Waals surface area contributed by atoms with Crippen molar-refractivity contribution in [2.45, 2.75) is 51.9 Å². The molecule has 1 aromatic rings. The van der Waals surface area contributed by atoms with Gasteiger partial charge >= 0.3 is 0 Å². The minimum absolute atomic E-state index is 0.0228. The summed E-state index contributed by atoms with van der Waals surface area (Å²) < 4.78 is 11.0. The smallest absolute Gasteiger partial charge is 0.227 e. The van der Waals surface area contributed by atoms with Gasteiger partial charge in [0, 0.05) is 43.8 Å². The van der Waals surface area contributed by atoms with Gasteiger partial charge in [-0.15, -0.1) is 0 Å². The van der Waals surface area contributed by atoms with Crippen molar-refractivity contribution in [3.63, 3.8) is 0 Å². The summed E-state index contributed by atoms with van der Waals surface area (Å²) >= 11 is 0. The van der Waals surface area contributed by atoms with E-state index in [1.54, 1.807) is 12.0 Å². The maximum absolute atomic E-state index is 12.8. The van der Waals surface area contributed by atoms with Crippen LogP contribution in [0.15, 0.2) is 24.3 Å². The largest absolute Gasteiger partial charge is 0.497 e. The lowest BCUT2D eigenvalue weighted by molar-refractivity contribution is -0.127. The number of amides is 2. The Morgan fingerprint density at radius 3 is 2.38 bits per heavy atom. The third kappa shape index (κ3) is 5.08. The minimum atomic E-state index is -0.331. The van der Waals surface area contributed by atoms with Gasteiger partial charge in [-0.2, -0.15) is 0 Å². The Morgan fingerprint density at radius 1 is 1.17 bits per heavy atom. The van der Waals surface area contributed by atoms with Gasteiger partial charge in [0.05, 0.1) is 25.2 Å². The maximum Gasteiger partial charge on any atom is 0.227 e. The highest BCUT2D eigenvalue weighted by Crippen LogP contribution is 2.27. The molecule has 0 aliphatic carbocycles. The van der Waals surface area contributed by atoms with Gasteiger partial charge in [-0.1, -0.05) is 0 Å². The average molecular weight is 404 g/mol. The van der Waals surface area contributed by atoms with Crippen LogP contribution in [0.3, 0.4) is 0 Å². The van der Waals surface area contributed by atoms with Crippen molar-refractivity contribution >= 4 is 17.5 Å². The normalized spacial score (nSPS) is 25.9. The highest BCUT2D eigenvalue weighted by atomic mass is 16.5. The molecule has 2 amide bonds. The van der Waals surface area contributed by atoms with Crippen LogP contribution in [0.4, 0.5) is 5.69 Å². The predicted molar refractivity (Wildman–Crippen MR) is 112 cm³/mol. The lowest BCUT2D eigenvalue weighted by Crippen LogP contribution is -2.59. The monoisotopic (exact) mass is 403 g/mol. The van der Waals surface area contributed by atoms with Gasteiger partial charge in [0.15, 0.2) is 0 Å². The van der Waals surface area contributed by atoms with Crippen molar-refractivity contribution in [3.8, 4) is 5.75 Å². The molecule has 1 aromatic carbocycles. The summed E-state index contributed by atoms with van der Waals surface area (Å²) in [5.74, 6) is 0.328. The van der Waals surface area contributed by atoms with E-state index in [4.69, 9.17) is 9.47 Å². The van der Waals surface area contributed by atoms with E-state index < -0.39 is 0 Å². The molecule has 0 unspecified atom stereocenters. The van der Waals surface area contributed by atoms with E-state index >= 15 is 0 Å². The Balaban J connectivity index is 1.56. The van der Waals surface area contributed by atoms with Crippen LogP contribution in [-0.2, 0) is 14.3 Å². The highest BCUT2D eigenvalue weighted by molar-refractivity contribution is 6.00. The lowest BCUT2D eigenvalue weighted by atomic mass is 9.99. The van der Waals surface area contributed by atoms with Crippen molar-refractivity contribution in [3.05, 3.63) is 24.3 Å². The number of benzene rings is 1. The van der Waals surface area contributed by atoms with Crippen LogP contribution < -0.4 is 15.0 Å². The minimum Gasteiger partial charge on any atom is -0.497 e. The van der Waals surface area contributed by atoms with Gasteiger partial charge < -0.3 is 19.7 Å². The summed E-state index contributed by atoms with van der Waals surface area (Å²) in [6.45, 7) is 11.1. The van der Waals surface area contributed by atoms with Crippen LogP contribution in [0.25, 0.3) is 0 Å². The first kappa shape index (κ1) is 21.6. The molecule has 3 atom stereocenters. The van der Waals surface area contributed by atoms with Crippen molar-refractivity contribution in [1.82, 2.24) is 10.2 Å². The fraction of sp³-hybridized carbons (Fsp3) is 0.636. The van der Waals surface area contributed by atoms with Crippen LogP contribution in [0.2, 0.25) is 0 Å². The van der Waals surface area contributed by atoms with E-state index in [0.29, 0.717) is 13.1 Å². The summed E-state index contributed by atoms with van der Waals surface area (Å²) in [7, 11) is 1.61. The van der Waals surface area contributed by atoms with Crippen LogP contribution >= 0.6 is 0 Å². The fourth-order valence-electron chi connectivity index (χ4n) is 4.13. The van der Waals surface area contributed by atoms with Crippen LogP contribution in [-0.4, -0.2) is 67.7 Å². The zero-order chi connectivity index (χ0) is 21.2. The molecule has 3 rings (SSSR count). The Labute approximate surface area is 173 Å². The second-order valence-electron chi connectivity index (χ2n) is 8.80. The second-order valence-corrected chi connectivity index (χ2v) is 8.80. The topological polar surface area (TPSA) is 71.1 Å². The van der Waals surface area contributed by atoms with E-state index in [1.807, 2.05) is 24.3 Å². The van der Waals surface area contributed by atoms with Crippen molar-refractivity contribution in [2.24, 2.45) is 5.92 Å². The molecule has 7 heteroatoms. The second kappa shape index (κ2) is 8.71. The number of anilines is 1. The number of ether oxygens (including phenoxy) is 2. The zero-order valence-corrected chi connectivity index (χ0v) is 18.1. The van der Waals surface area contributed by atoms with Gasteiger partial charge in [-0.25, -0.2) is 0 Å². The quantitative estimate of drug-likeness (QED) is 0.787. The highest BCUT2D eigenvalue weighted by Gasteiger charge is 2.37. The van der Waals surface area contributed by atoms with Crippen molar-refractivity contribution in [2.75, 3.05) is 38.2 Å². The van der Waals surface area contributed by atoms with Crippen molar-refractivity contribution in [1.29, 1.82) is 0 Å². The third-order valence-electron chi connectivity index (χ3n) is 5.85. The summed E-state index contributed by atoms with van der Waals surface area (Å²) in [5, 5.41) is 3.08. The molecule has 2 saturated heterocycles. The summed E-state index contributed by atoms with van der Waals surface area (Å²) in [6.07, 6.45) is 0.600. The van der Waals surface area contributed by atoms with E-state index in [0.717, 1.165) is 24.5 Å². The first-order valence-corrected chi connectivity index (χ1v) is 10.3. The van der Waals surface area contributed by atoms with Crippen LogP contribution in [0.5, 0.6) is 5.75 Å². The van der Waals surface area contributed by atoms with E-state index in [2.05, 4.69) is 37.9 Å². The number of methoxy groups -OCH3 is 1. The molecular formula is C22H33N3O4. The summed E-state index contributed by atoms with van der Waals surface area (Å²) in [6, 6.07) is 7.34. The molecule has 0 aromatic heterocycles. The van der Waals surface area contributed by atoms with Crippen molar-refractivity contribution < 1.29 is 19.1 Å². The number of hydrogen-bond donors (Lipinski definition) is 1. The predicted octanol–water partition coefficient (Wildman–Crippen LogP) is 2.05. The molecule has 2 heterocycles. The first-order chi connectivity index (χ1) is 13.7. The molecule has 1 N–H and O–H groups in total. The number of nitrogens with zero attached hydrogens (tertiary/aromatic N) is 2. The molecule has 2 fully saturated rings. The molecule has 2 aliphatic heterocycles. The van der Waals surface area contributed by atoms with E-state index in [9.17, 15) is 9.59 Å². The first-order valence-electron chi connectivity index (χ1n) is 10.3. The number of rotatable bonds is 6. The molecule has 2 aliphatic rings. The van der Waals surface area contributed by atoms with Gasteiger partial charge in [0.2, 0.25) is 11.8 Å². The molecule has 0 radical (unpaired) electrons. The van der Waals surface area contributed by atoms with Crippen LogP contribution in [0, 0.1) is 5.92 Å². The van der Waals surface area contributed by atoms with Gasteiger partial charge in [0.25, 0.3) is 0 Å². The molecule has 0 spiro atoms. The zero-order valence-electron chi connectivity index (χ0n) is 18.1. The number of carbonyl (C=O) groups is 2. The Bertz CT molecular complexity index is 724. The maximum atomic E-state index is 12.8. The molecule has 0 bridgehead atoms. The fourth-order valence-corrected chi connectivity index (χ4v) is 4.13. The molecular weight excluding hydrogens is 370 g/mol. The molecule has 0 saturated carbocycles. The third-order valence-corrected chi connectivity index (χ3v) is 5.85. The molecule has 29 heavy (non-hydrogen) atoms. The Morgan fingerprint density at radius 2 is 1.79 bits per heavy atom.